The molecule has 6 heteroatoms. The van der Waals surface area contributed by atoms with Gasteiger partial charge in [-0.1, -0.05) is 35.0 Å². The lowest BCUT2D eigenvalue weighted by molar-refractivity contribution is -0.947. The van der Waals surface area contributed by atoms with E-state index in [1.807, 2.05) is 18.2 Å². The molecule has 4 rings (SSSR count). The summed E-state index contributed by atoms with van der Waals surface area (Å²) in [7, 11) is 2.37. The minimum atomic E-state index is -0.371. The molecule has 3 heterocycles. The van der Waals surface area contributed by atoms with Crippen LogP contribution in [0.5, 0.6) is 0 Å². The molecule has 28 heavy (non-hydrogen) atoms. The van der Waals surface area contributed by atoms with Crippen LogP contribution in [-0.2, 0) is 4.74 Å². The van der Waals surface area contributed by atoms with Crippen LogP contribution in [0.2, 0.25) is 5.02 Å². The highest BCUT2D eigenvalue weighted by molar-refractivity contribution is 6.33. The largest absolute Gasteiger partial charge is 0.461 e. The van der Waals surface area contributed by atoms with Gasteiger partial charge in [-0.2, -0.15) is 0 Å². The molecule has 0 saturated carbocycles. The number of quaternary nitrogens is 1. The molecule has 150 valence electrons. The van der Waals surface area contributed by atoms with E-state index >= 15 is 0 Å². The fraction of sp³-hybridized carbons (Fsp3) is 0.545. The highest BCUT2D eigenvalue weighted by Crippen LogP contribution is 2.37. The number of rotatable bonds is 4. The molecule has 0 amide bonds. The fourth-order valence-electron chi connectivity index (χ4n) is 5.13. The van der Waals surface area contributed by atoms with E-state index in [-0.39, 0.29) is 5.97 Å². The maximum absolute atomic E-state index is 12.9. The molecule has 1 unspecified atom stereocenters. The summed E-state index contributed by atoms with van der Waals surface area (Å²) in [4.78, 5) is 12.9. The minimum Gasteiger partial charge on any atom is -0.461 e. The molecule has 0 spiro atoms. The number of hydrogen-bond donors (Lipinski definition) is 0. The Morgan fingerprint density at radius 2 is 2.04 bits per heavy atom. The van der Waals surface area contributed by atoms with Gasteiger partial charge >= 0.3 is 5.97 Å². The predicted molar refractivity (Wildman–Crippen MR) is 108 cm³/mol. The van der Waals surface area contributed by atoms with Crippen molar-refractivity contribution >= 4 is 17.6 Å². The molecule has 0 radical (unpaired) electrons. The van der Waals surface area contributed by atoms with E-state index < -0.39 is 0 Å². The van der Waals surface area contributed by atoms with Crippen LogP contribution in [0.3, 0.4) is 0 Å². The number of aromatic nitrogens is 1. The maximum atomic E-state index is 12.9. The summed E-state index contributed by atoms with van der Waals surface area (Å²) < 4.78 is 12.3. The smallest absolute Gasteiger partial charge is 0.344 e. The Balaban J connectivity index is 1.51. The normalized spacial score (nSPS) is 27.2. The van der Waals surface area contributed by atoms with Gasteiger partial charge in [-0.25, -0.2) is 4.79 Å². The van der Waals surface area contributed by atoms with E-state index in [0.29, 0.717) is 46.2 Å². The first-order chi connectivity index (χ1) is 13.5. The first-order valence-electron chi connectivity index (χ1n) is 10.2. The van der Waals surface area contributed by atoms with E-state index in [0.717, 1.165) is 10.9 Å². The molecule has 2 fully saturated rings. The van der Waals surface area contributed by atoms with Gasteiger partial charge in [0.1, 0.15) is 23.6 Å². The Labute approximate surface area is 171 Å². The van der Waals surface area contributed by atoms with Gasteiger partial charge in [0.05, 0.1) is 31.2 Å². The number of nitrogens with zero attached hydrogens (tertiary/aromatic N) is 2. The Morgan fingerprint density at radius 3 is 2.86 bits per heavy atom. The molecule has 2 aliphatic heterocycles. The SMILES string of the molecule is Cc1onc(-c2ccccc2Cl)c1C(=O)OC[C@H]1CCC[N+]2(C)CCCC[C@H]12. The van der Waals surface area contributed by atoms with Crippen molar-refractivity contribution in [1.82, 2.24) is 5.16 Å². The standard InChI is InChI=1S/C22H28ClN2O3/c1-15-20(21(24-28-15)17-9-3-4-10-18(17)23)22(26)27-14-16-8-7-13-25(2)12-6-5-11-19(16)25/h3-4,9-10,16,19H,5-8,11-14H2,1-2H3/q+1/t16-,19-,25?/m1/s1. The van der Waals surface area contributed by atoms with Crippen LogP contribution >= 0.6 is 11.6 Å². The van der Waals surface area contributed by atoms with E-state index in [1.54, 1.807) is 13.0 Å². The summed E-state index contributed by atoms with van der Waals surface area (Å²) in [5.74, 6) is 0.512. The first-order valence-corrected chi connectivity index (χ1v) is 10.6. The number of halogens is 1. The Hall–Kier alpha value is -1.85. The first kappa shape index (κ1) is 19.5. The average Bonchev–Trinajstić information content (AvgIpc) is 3.07. The topological polar surface area (TPSA) is 52.3 Å². The molecule has 1 aromatic carbocycles. The Morgan fingerprint density at radius 1 is 1.25 bits per heavy atom. The van der Waals surface area contributed by atoms with E-state index in [1.165, 1.54) is 38.8 Å². The zero-order chi connectivity index (χ0) is 19.7. The van der Waals surface area contributed by atoms with Gasteiger partial charge in [0.15, 0.2) is 0 Å². The van der Waals surface area contributed by atoms with E-state index in [4.69, 9.17) is 20.9 Å². The molecule has 5 nitrogen and oxygen atoms in total. The number of esters is 1. The molecule has 0 N–H and O–H groups in total. The van der Waals surface area contributed by atoms with Crippen molar-refractivity contribution in [2.75, 3.05) is 26.7 Å². The highest BCUT2D eigenvalue weighted by Gasteiger charge is 2.44. The summed E-state index contributed by atoms with van der Waals surface area (Å²) in [6, 6.07) is 7.92. The van der Waals surface area contributed by atoms with Crippen molar-refractivity contribution in [2.24, 2.45) is 5.92 Å². The summed E-state index contributed by atoms with van der Waals surface area (Å²) in [5.41, 5.74) is 1.52. The predicted octanol–water partition coefficient (Wildman–Crippen LogP) is 4.87. The lowest BCUT2D eigenvalue weighted by atomic mass is 9.82. The number of ether oxygens (including phenoxy) is 1. The lowest BCUT2D eigenvalue weighted by Crippen LogP contribution is -2.61. The van der Waals surface area contributed by atoms with Gasteiger partial charge in [0, 0.05) is 17.9 Å². The lowest BCUT2D eigenvalue weighted by Gasteiger charge is -2.51. The molecule has 2 aromatic rings. The maximum Gasteiger partial charge on any atom is 0.344 e. The van der Waals surface area contributed by atoms with Gasteiger partial charge in [0.2, 0.25) is 0 Å². The van der Waals surface area contributed by atoms with Gasteiger partial charge in [-0.3, -0.25) is 0 Å². The van der Waals surface area contributed by atoms with Crippen LogP contribution in [-0.4, -0.2) is 48.4 Å². The Kier molecular flexibility index (Phi) is 5.48. The van der Waals surface area contributed by atoms with Crippen LogP contribution in [0.15, 0.2) is 28.8 Å². The quantitative estimate of drug-likeness (QED) is 0.539. The van der Waals surface area contributed by atoms with Crippen LogP contribution in [0.25, 0.3) is 11.3 Å². The molecular formula is C22H28ClN2O3+. The number of carbonyl (C=O) groups excluding carboxylic acids is 1. The molecule has 0 aliphatic carbocycles. The molecule has 0 bridgehead atoms. The van der Waals surface area contributed by atoms with Crippen molar-refractivity contribution in [2.45, 2.75) is 45.1 Å². The number of carbonyl (C=O) groups is 1. The minimum absolute atomic E-state index is 0.371. The zero-order valence-corrected chi connectivity index (χ0v) is 17.4. The van der Waals surface area contributed by atoms with Gasteiger partial charge in [-0.05, 0) is 38.7 Å². The van der Waals surface area contributed by atoms with Crippen LogP contribution in [0.1, 0.15) is 48.2 Å². The summed E-state index contributed by atoms with van der Waals surface area (Å²) >= 11 is 6.30. The third-order valence-electron chi connectivity index (χ3n) is 6.63. The van der Waals surface area contributed by atoms with Crippen molar-refractivity contribution in [1.29, 1.82) is 0 Å². The summed E-state index contributed by atoms with van der Waals surface area (Å²) in [6.07, 6.45) is 6.15. The van der Waals surface area contributed by atoms with Crippen LogP contribution in [0, 0.1) is 12.8 Å². The van der Waals surface area contributed by atoms with Crippen molar-refractivity contribution in [3.05, 3.63) is 40.6 Å². The summed E-state index contributed by atoms with van der Waals surface area (Å²) in [6.45, 7) is 4.69. The highest BCUT2D eigenvalue weighted by atomic mass is 35.5. The van der Waals surface area contributed by atoms with E-state index in [2.05, 4.69) is 12.2 Å². The van der Waals surface area contributed by atoms with Crippen LogP contribution < -0.4 is 0 Å². The number of benzene rings is 1. The third-order valence-corrected chi connectivity index (χ3v) is 6.96. The number of hydrogen-bond acceptors (Lipinski definition) is 4. The van der Waals surface area contributed by atoms with Crippen molar-refractivity contribution < 1.29 is 18.5 Å². The van der Waals surface area contributed by atoms with Crippen LogP contribution in [0.4, 0.5) is 0 Å². The summed E-state index contributed by atoms with van der Waals surface area (Å²) in [5, 5.41) is 4.61. The van der Waals surface area contributed by atoms with E-state index in [9.17, 15) is 4.79 Å². The van der Waals surface area contributed by atoms with Gasteiger partial charge < -0.3 is 13.7 Å². The number of aryl methyl sites for hydroxylation is 1. The Bertz CT molecular complexity index is 861. The monoisotopic (exact) mass is 403 g/mol. The molecular weight excluding hydrogens is 376 g/mol. The molecule has 2 aliphatic rings. The second kappa shape index (κ2) is 7.88. The molecule has 1 aromatic heterocycles. The van der Waals surface area contributed by atoms with Gasteiger partial charge in [0.25, 0.3) is 0 Å². The number of piperidine rings is 2. The average molecular weight is 404 g/mol. The molecule has 3 atom stereocenters. The second-order valence-electron chi connectivity index (χ2n) is 8.43. The zero-order valence-electron chi connectivity index (χ0n) is 16.6. The molecule has 2 saturated heterocycles. The third kappa shape index (κ3) is 3.58. The number of fused-ring (bicyclic) bond motifs is 1. The fourth-order valence-corrected chi connectivity index (χ4v) is 5.36. The second-order valence-corrected chi connectivity index (χ2v) is 8.84. The van der Waals surface area contributed by atoms with Crippen molar-refractivity contribution in [3.63, 3.8) is 0 Å². The van der Waals surface area contributed by atoms with Crippen molar-refractivity contribution in [3.8, 4) is 11.3 Å². The van der Waals surface area contributed by atoms with Gasteiger partial charge in [-0.15, -0.1) is 0 Å².